The van der Waals surface area contributed by atoms with Crippen molar-refractivity contribution in [2.45, 2.75) is 18.4 Å². The molecule has 1 atom stereocenters. The quantitative estimate of drug-likeness (QED) is 0.728. The van der Waals surface area contributed by atoms with Gasteiger partial charge in [0.2, 0.25) is 0 Å². The Bertz CT molecular complexity index is 380. The summed E-state index contributed by atoms with van der Waals surface area (Å²) >= 11 is 6.05. The Morgan fingerprint density at radius 1 is 1.40 bits per heavy atom. The first-order valence-electron chi connectivity index (χ1n) is 5.44. The SMILES string of the molecule is Clc1ccc2c(c1)C1(CC2)CNCCO1. The Labute approximate surface area is 94.6 Å². The van der Waals surface area contributed by atoms with Crippen molar-refractivity contribution in [1.82, 2.24) is 5.32 Å². The number of hydrogen-bond acceptors (Lipinski definition) is 2. The second-order valence-corrected chi connectivity index (χ2v) is 4.76. The van der Waals surface area contributed by atoms with E-state index >= 15 is 0 Å². The summed E-state index contributed by atoms with van der Waals surface area (Å²) < 4.78 is 5.99. The Balaban J connectivity index is 2.05. The maximum absolute atomic E-state index is 6.05. The molecule has 1 aliphatic carbocycles. The van der Waals surface area contributed by atoms with Crippen LogP contribution in [0.4, 0.5) is 0 Å². The zero-order valence-electron chi connectivity index (χ0n) is 8.55. The second-order valence-electron chi connectivity index (χ2n) is 4.32. The lowest BCUT2D eigenvalue weighted by molar-refractivity contribution is -0.0695. The molecule has 1 spiro atoms. The van der Waals surface area contributed by atoms with Crippen molar-refractivity contribution < 1.29 is 4.74 Å². The summed E-state index contributed by atoms with van der Waals surface area (Å²) in [6, 6.07) is 6.16. The van der Waals surface area contributed by atoms with Crippen molar-refractivity contribution >= 4 is 11.6 Å². The van der Waals surface area contributed by atoms with Crippen molar-refractivity contribution in [3.8, 4) is 0 Å². The van der Waals surface area contributed by atoms with Crippen LogP contribution >= 0.6 is 11.6 Å². The van der Waals surface area contributed by atoms with Gasteiger partial charge in [-0.2, -0.15) is 0 Å². The first-order chi connectivity index (χ1) is 7.30. The lowest BCUT2D eigenvalue weighted by Crippen LogP contribution is -2.46. The summed E-state index contributed by atoms with van der Waals surface area (Å²) in [5, 5.41) is 4.22. The highest BCUT2D eigenvalue weighted by molar-refractivity contribution is 6.30. The van der Waals surface area contributed by atoms with Gasteiger partial charge in [0.1, 0.15) is 5.60 Å². The Morgan fingerprint density at radius 3 is 3.13 bits per heavy atom. The first-order valence-corrected chi connectivity index (χ1v) is 5.82. The van der Waals surface area contributed by atoms with Crippen LogP contribution in [0.1, 0.15) is 17.5 Å². The lowest BCUT2D eigenvalue weighted by atomic mass is 9.94. The Kier molecular flexibility index (Phi) is 2.23. The average Bonchev–Trinajstić information content (AvgIpc) is 2.59. The molecule has 0 saturated carbocycles. The van der Waals surface area contributed by atoms with Gasteiger partial charge in [-0.05, 0) is 36.1 Å². The molecule has 15 heavy (non-hydrogen) atoms. The number of aryl methyl sites for hydroxylation is 1. The summed E-state index contributed by atoms with van der Waals surface area (Å²) in [4.78, 5) is 0. The van der Waals surface area contributed by atoms with Gasteiger partial charge in [-0.15, -0.1) is 0 Å². The third-order valence-electron chi connectivity index (χ3n) is 3.43. The number of ether oxygens (including phenoxy) is 1. The minimum atomic E-state index is -0.0987. The fourth-order valence-corrected chi connectivity index (χ4v) is 2.83. The highest BCUT2D eigenvalue weighted by Crippen LogP contribution is 2.41. The molecule has 0 radical (unpaired) electrons. The standard InChI is InChI=1S/C12H14ClNO/c13-10-2-1-9-3-4-12(11(9)7-10)8-14-5-6-15-12/h1-2,7,14H,3-6,8H2. The topological polar surface area (TPSA) is 21.3 Å². The van der Waals surface area contributed by atoms with Gasteiger partial charge in [0.05, 0.1) is 6.61 Å². The van der Waals surface area contributed by atoms with E-state index in [2.05, 4.69) is 17.4 Å². The van der Waals surface area contributed by atoms with Crippen LogP contribution in [0.25, 0.3) is 0 Å². The summed E-state index contributed by atoms with van der Waals surface area (Å²) in [6.07, 6.45) is 2.18. The molecule has 3 rings (SSSR count). The normalized spacial score (nSPS) is 29.4. The zero-order chi connectivity index (χ0) is 10.3. The van der Waals surface area contributed by atoms with E-state index in [0.717, 1.165) is 37.6 Å². The van der Waals surface area contributed by atoms with Crippen LogP contribution in [-0.4, -0.2) is 19.7 Å². The van der Waals surface area contributed by atoms with Gasteiger partial charge < -0.3 is 10.1 Å². The van der Waals surface area contributed by atoms with Crippen molar-refractivity contribution in [1.29, 1.82) is 0 Å². The molecule has 3 heteroatoms. The van der Waals surface area contributed by atoms with E-state index in [1.54, 1.807) is 0 Å². The molecular formula is C12H14ClNO. The summed E-state index contributed by atoms with van der Waals surface area (Å²) in [7, 11) is 0. The van der Waals surface area contributed by atoms with Crippen LogP contribution in [0.15, 0.2) is 18.2 Å². The average molecular weight is 224 g/mol. The molecule has 1 saturated heterocycles. The molecular weight excluding hydrogens is 210 g/mol. The molecule has 2 aliphatic rings. The minimum Gasteiger partial charge on any atom is -0.368 e. The molecule has 1 aliphatic heterocycles. The monoisotopic (exact) mass is 223 g/mol. The highest BCUT2D eigenvalue weighted by atomic mass is 35.5. The molecule has 1 aromatic carbocycles. The summed E-state index contributed by atoms with van der Waals surface area (Å²) in [5.74, 6) is 0. The van der Waals surface area contributed by atoms with Crippen molar-refractivity contribution in [3.05, 3.63) is 34.3 Å². The molecule has 1 aromatic rings. The molecule has 1 heterocycles. The number of rotatable bonds is 0. The number of hydrogen-bond donors (Lipinski definition) is 1. The van der Waals surface area contributed by atoms with Crippen LogP contribution in [0.3, 0.4) is 0 Å². The van der Waals surface area contributed by atoms with E-state index in [0.29, 0.717) is 0 Å². The van der Waals surface area contributed by atoms with Crippen LogP contribution in [0.2, 0.25) is 5.02 Å². The van der Waals surface area contributed by atoms with Gasteiger partial charge in [0.15, 0.2) is 0 Å². The zero-order valence-corrected chi connectivity index (χ0v) is 9.31. The third-order valence-corrected chi connectivity index (χ3v) is 3.66. The molecule has 0 aromatic heterocycles. The fourth-order valence-electron chi connectivity index (χ4n) is 2.66. The smallest absolute Gasteiger partial charge is 0.106 e. The second kappa shape index (κ2) is 3.48. The summed E-state index contributed by atoms with van der Waals surface area (Å²) in [5.41, 5.74) is 2.59. The van der Waals surface area contributed by atoms with E-state index in [9.17, 15) is 0 Å². The lowest BCUT2D eigenvalue weighted by Gasteiger charge is -2.35. The number of fused-ring (bicyclic) bond motifs is 2. The molecule has 1 unspecified atom stereocenters. The van der Waals surface area contributed by atoms with Crippen LogP contribution < -0.4 is 5.32 Å². The minimum absolute atomic E-state index is 0.0987. The van der Waals surface area contributed by atoms with E-state index < -0.39 is 0 Å². The molecule has 0 amide bonds. The number of benzene rings is 1. The van der Waals surface area contributed by atoms with Crippen molar-refractivity contribution in [2.24, 2.45) is 0 Å². The molecule has 1 fully saturated rings. The number of halogens is 1. The summed E-state index contributed by atoms with van der Waals surface area (Å²) in [6.45, 7) is 2.67. The third kappa shape index (κ3) is 1.48. The van der Waals surface area contributed by atoms with Gasteiger partial charge in [0.25, 0.3) is 0 Å². The van der Waals surface area contributed by atoms with E-state index in [-0.39, 0.29) is 5.60 Å². The maximum Gasteiger partial charge on any atom is 0.106 e. The van der Waals surface area contributed by atoms with Crippen molar-refractivity contribution in [3.63, 3.8) is 0 Å². The van der Waals surface area contributed by atoms with E-state index in [1.807, 2.05) is 6.07 Å². The van der Waals surface area contributed by atoms with Gasteiger partial charge in [0, 0.05) is 18.1 Å². The van der Waals surface area contributed by atoms with Crippen LogP contribution in [0.5, 0.6) is 0 Å². The van der Waals surface area contributed by atoms with Gasteiger partial charge in [-0.1, -0.05) is 17.7 Å². The largest absolute Gasteiger partial charge is 0.368 e. The van der Waals surface area contributed by atoms with Gasteiger partial charge in [-0.3, -0.25) is 0 Å². The Morgan fingerprint density at radius 2 is 2.33 bits per heavy atom. The van der Waals surface area contributed by atoms with Gasteiger partial charge in [-0.25, -0.2) is 0 Å². The molecule has 80 valence electrons. The Hall–Kier alpha value is -0.570. The van der Waals surface area contributed by atoms with Crippen LogP contribution in [-0.2, 0) is 16.8 Å². The van der Waals surface area contributed by atoms with Gasteiger partial charge >= 0.3 is 0 Å². The van der Waals surface area contributed by atoms with Crippen molar-refractivity contribution in [2.75, 3.05) is 19.7 Å². The molecule has 0 bridgehead atoms. The fraction of sp³-hybridized carbons (Fsp3) is 0.500. The first kappa shape index (κ1) is 9.64. The highest BCUT2D eigenvalue weighted by Gasteiger charge is 2.40. The molecule has 2 nitrogen and oxygen atoms in total. The predicted molar refractivity (Wildman–Crippen MR) is 60.3 cm³/mol. The molecule has 1 N–H and O–H groups in total. The number of nitrogens with one attached hydrogen (secondary N) is 1. The maximum atomic E-state index is 6.05. The predicted octanol–water partition coefficient (Wildman–Crippen LogP) is 2.10. The van der Waals surface area contributed by atoms with E-state index in [4.69, 9.17) is 16.3 Å². The van der Waals surface area contributed by atoms with Crippen LogP contribution in [0, 0.1) is 0 Å². The number of morpholine rings is 1. The van der Waals surface area contributed by atoms with E-state index in [1.165, 1.54) is 11.1 Å².